The van der Waals surface area contributed by atoms with E-state index < -0.39 is 0 Å². The van der Waals surface area contributed by atoms with Gasteiger partial charge in [0.25, 0.3) is 11.8 Å². The molecule has 2 aromatic heterocycles. The molecule has 0 aliphatic heterocycles. The lowest BCUT2D eigenvalue weighted by atomic mass is 10.0. The molecule has 1 N–H and O–H groups in total. The van der Waals surface area contributed by atoms with E-state index in [1.807, 2.05) is 50.2 Å². The highest BCUT2D eigenvalue weighted by Crippen LogP contribution is 2.29. The summed E-state index contributed by atoms with van der Waals surface area (Å²) in [5, 5.41) is 13.4. The highest BCUT2D eigenvalue weighted by Gasteiger charge is 2.17. The van der Waals surface area contributed by atoms with Crippen LogP contribution in [0, 0.1) is 13.8 Å². The lowest BCUT2D eigenvalue weighted by Gasteiger charge is -2.05. The Bertz CT molecular complexity index is 1080. The van der Waals surface area contributed by atoms with Crippen molar-refractivity contribution in [3.05, 3.63) is 58.7 Å². The number of thiazole rings is 1. The smallest absolute Gasteiger partial charge is 0.322 e. The number of hydrogen-bond donors (Lipinski definition) is 1. The summed E-state index contributed by atoms with van der Waals surface area (Å²) in [5.41, 5.74) is 1.39. The lowest BCUT2D eigenvalue weighted by Crippen LogP contribution is -2.12. The molecule has 0 saturated heterocycles. The Balaban J connectivity index is 1.62. The maximum atomic E-state index is 12.6. The van der Waals surface area contributed by atoms with Crippen LogP contribution in [0.1, 0.15) is 21.1 Å². The number of nitrogens with one attached hydrogen (secondary N) is 1. The highest BCUT2D eigenvalue weighted by molar-refractivity contribution is 7.15. The molecule has 0 spiro atoms. The number of aromatic nitrogens is 3. The van der Waals surface area contributed by atoms with Crippen molar-refractivity contribution in [2.24, 2.45) is 0 Å². The van der Waals surface area contributed by atoms with Crippen molar-refractivity contribution in [2.75, 3.05) is 5.32 Å². The van der Waals surface area contributed by atoms with Gasteiger partial charge in [0.15, 0.2) is 0 Å². The molecule has 2 heterocycles. The molecule has 0 atom stereocenters. The number of carbonyl (C=O) groups is 1. The van der Waals surface area contributed by atoms with Crippen LogP contribution in [0.25, 0.3) is 21.5 Å². The van der Waals surface area contributed by atoms with Crippen molar-refractivity contribution in [1.29, 1.82) is 0 Å². The zero-order valence-corrected chi connectivity index (χ0v) is 14.4. The lowest BCUT2D eigenvalue weighted by molar-refractivity contribution is 0.102. The molecular weight excluding hydrogens is 336 g/mol. The number of rotatable bonds is 3. The van der Waals surface area contributed by atoms with Crippen molar-refractivity contribution in [1.82, 2.24) is 15.2 Å². The highest BCUT2D eigenvalue weighted by atomic mass is 32.1. The predicted octanol–water partition coefficient (Wildman–Crippen LogP) is 4.22. The van der Waals surface area contributed by atoms with Gasteiger partial charge >= 0.3 is 6.01 Å². The molecule has 124 valence electrons. The van der Waals surface area contributed by atoms with Gasteiger partial charge < -0.3 is 4.42 Å². The quantitative estimate of drug-likeness (QED) is 0.598. The van der Waals surface area contributed by atoms with E-state index in [9.17, 15) is 4.79 Å². The molecule has 2 aromatic carbocycles. The largest absolute Gasteiger partial charge is 0.402 e. The molecular formula is C18H14N4O2S. The number of benzene rings is 2. The summed E-state index contributed by atoms with van der Waals surface area (Å²) in [7, 11) is 0. The first-order chi connectivity index (χ1) is 12.1. The van der Waals surface area contributed by atoms with Crippen LogP contribution < -0.4 is 5.32 Å². The second-order valence-corrected chi connectivity index (χ2v) is 6.74. The minimum absolute atomic E-state index is 0.0680. The number of nitrogens with zero attached hydrogens (tertiary/aromatic N) is 3. The van der Waals surface area contributed by atoms with Crippen molar-refractivity contribution in [3.63, 3.8) is 0 Å². The fraction of sp³-hybridized carbons (Fsp3) is 0.111. The fourth-order valence-electron chi connectivity index (χ4n) is 2.68. The SMILES string of the molecule is Cc1nc(C)c(-c2nnc(NC(=O)c3cccc4ccccc34)o2)s1. The third-order valence-corrected chi connectivity index (χ3v) is 4.84. The zero-order valence-electron chi connectivity index (χ0n) is 13.6. The first kappa shape index (κ1) is 15.5. The summed E-state index contributed by atoms with van der Waals surface area (Å²) in [6, 6.07) is 13.4. The Kier molecular flexibility index (Phi) is 3.77. The number of anilines is 1. The monoisotopic (exact) mass is 350 g/mol. The van der Waals surface area contributed by atoms with Gasteiger partial charge in [0.1, 0.15) is 4.88 Å². The third-order valence-electron chi connectivity index (χ3n) is 3.78. The molecule has 0 bridgehead atoms. The summed E-state index contributed by atoms with van der Waals surface area (Å²) < 4.78 is 5.58. The Labute approximate surface area is 147 Å². The van der Waals surface area contributed by atoms with Crippen LogP contribution in [0.3, 0.4) is 0 Å². The maximum absolute atomic E-state index is 12.6. The van der Waals surface area contributed by atoms with E-state index >= 15 is 0 Å². The van der Waals surface area contributed by atoms with E-state index in [4.69, 9.17) is 4.42 Å². The van der Waals surface area contributed by atoms with Crippen LogP contribution in [0.2, 0.25) is 0 Å². The van der Waals surface area contributed by atoms with Gasteiger partial charge in [0, 0.05) is 5.56 Å². The van der Waals surface area contributed by atoms with Crippen molar-refractivity contribution in [3.8, 4) is 10.8 Å². The molecule has 4 rings (SSSR count). The van der Waals surface area contributed by atoms with Gasteiger partial charge in [-0.2, -0.15) is 0 Å². The van der Waals surface area contributed by atoms with E-state index in [-0.39, 0.29) is 11.9 Å². The minimum atomic E-state index is -0.288. The molecule has 4 aromatic rings. The van der Waals surface area contributed by atoms with Gasteiger partial charge in [0.05, 0.1) is 10.7 Å². The number of aryl methyl sites for hydroxylation is 2. The van der Waals surface area contributed by atoms with Crippen molar-refractivity contribution >= 4 is 34.0 Å². The zero-order chi connectivity index (χ0) is 17.4. The van der Waals surface area contributed by atoms with Gasteiger partial charge in [0.2, 0.25) is 0 Å². The second kappa shape index (κ2) is 6.10. The Morgan fingerprint density at radius 2 is 1.88 bits per heavy atom. The Morgan fingerprint density at radius 3 is 2.68 bits per heavy atom. The average Bonchev–Trinajstić information content (AvgIpc) is 3.20. The third kappa shape index (κ3) is 2.89. The predicted molar refractivity (Wildman–Crippen MR) is 96.8 cm³/mol. The Hall–Kier alpha value is -3.06. The number of fused-ring (bicyclic) bond motifs is 1. The van der Waals surface area contributed by atoms with Crippen molar-refractivity contribution < 1.29 is 9.21 Å². The maximum Gasteiger partial charge on any atom is 0.322 e. The summed E-state index contributed by atoms with van der Waals surface area (Å²) in [6.07, 6.45) is 0. The summed E-state index contributed by atoms with van der Waals surface area (Å²) in [4.78, 5) is 17.8. The molecule has 0 radical (unpaired) electrons. The molecule has 0 aliphatic rings. The standard InChI is InChI=1S/C18H14N4O2S/c1-10-15(25-11(2)19-10)17-21-22-18(24-17)20-16(23)14-9-5-7-12-6-3-4-8-13(12)14/h3-9H,1-2H3,(H,20,22,23). The molecule has 0 saturated carbocycles. The van der Waals surface area contributed by atoms with Crippen LogP contribution in [0.4, 0.5) is 6.01 Å². The first-order valence-corrected chi connectivity index (χ1v) is 8.50. The Morgan fingerprint density at radius 1 is 1.08 bits per heavy atom. The van der Waals surface area contributed by atoms with Gasteiger partial charge in [-0.25, -0.2) is 4.98 Å². The number of carbonyl (C=O) groups excluding carboxylic acids is 1. The minimum Gasteiger partial charge on any atom is -0.402 e. The average molecular weight is 350 g/mol. The van der Waals surface area contributed by atoms with E-state index in [2.05, 4.69) is 20.5 Å². The van der Waals surface area contributed by atoms with E-state index in [1.165, 1.54) is 11.3 Å². The second-order valence-electron chi connectivity index (χ2n) is 5.54. The summed E-state index contributed by atoms with van der Waals surface area (Å²) in [6.45, 7) is 3.80. The van der Waals surface area contributed by atoms with Crippen LogP contribution >= 0.6 is 11.3 Å². The number of hydrogen-bond acceptors (Lipinski definition) is 6. The van der Waals surface area contributed by atoms with Gasteiger partial charge in [-0.05, 0) is 30.7 Å². The summed E-state index contributed by atoms with van der Waals surface area (Å²) >= 11 is 1.48. The number of amides is 1. The molecule has 1 amide bonds. The molecule has 7 heteroatoms. The molecule has 0 aliphatic carbocycles. The fourth-order valence-corrected chi connectivity index (χ4v) is 3.52. The molecule has 25 heavy (non-hydrogen) atoms. The normalized spacial score (nSPS) is 11.0. The topological polar surface area (TPSA) is 80.9 Å². The van der Waals surface area contributed by atoms with E-state index in [0.29, 0.717) is 11.5 Å². The van der Waals surface area contributed by atoms with Gasteiger partial charge in [-0.15, -0.1) is 16.4 Å². The molecule has 0 fully saturated rings. The summed E-state index contributed by atoms with van der Waals surface area (Å²) in [5.74, 6) is 0.0699. The molecule has 6 nitrogen and oxygen atoms in total. The van der Waals surface area contributed by atoms with Crippen molar-refractivity contribution in [2.45, 2.75) is 13.8 Å². The van der Waals surface area contributed by atoms with E-state index in [1.54, 1.807) is 6.07 Å². The van der Waals surface area contributed by atoms with Gasteiger partial charge in [-0.3, -0.25) is 10.1 Å². The first-order valence-electron chi connectivity index (χ1n) is 7.69. The van der Waals surface area contributed by atoms with Gasteiger partial charge in [-0.1, -0.05) is 41.5 Å². The molecule has 0 unspecified atom stereocenters. The van der Waals surface area contributed by atoms with Crippen LogP contribution in [0.5, 0.6) is 0 Å². The van der Waals surface area contributed by atoms with Crippen LogP contribution in [-0.2, 0) is 0 Å². The van der Waals surface area contributed by atoms with Crippen LogP contribution in [0.15, 0.2) is 46.9 Å². The van der Waals surface area contributed by atoms with E-state index in [0.717, 1.165) is 26.4 Å². The van der Waals surface area contributed by atoms with Crippen LogP contribution in [-0.4, -0.2) is 21.1 Å².